The summed E-state index contributed by atoms with van der Waals surface area (Å²) in [6, 6.07) is 11.5. The van der Waals surface area contributed by atoms with Crippen molar-refractivity contribution in [2.45, 2.75) is 95.7 Å². The highest BCUT2D eigenvalue weighted by Gasteiger charge is 2.49. The maximum absolute atomic E-state index is 12.0. The lowest BCUT2D eigenvalue weighted by Gasteiger charge is -2.34. The highest BCUT2D eigenvalue weighted by atomic mass is 35.5. The fourth-order valence-electron chi connectivity index (χ4n) is 6.15. The van der Waals surface area contributed by atoms with Crippen LogP contribution in [0, 0.1) is 0 Å². The zero-order valence-electron chi connectivity index (χ0n) is 27.8. The summed E-state index contributed by atoms with van der Waals surface area (Å²) in [6.45, 7) is 13.6. The number of imidazole rings is 1. The van der Waals surface area contributed by atoms with Crippen LogP contribution in [0.5, 0.6) is 6.01 Å². The largest absolute Gasteiger partial charge is 0.456 e. The van der Waals surface area contributed by atoms with Crippen LogP contribution in [0.4, 0.5) is 10.5 Å². The van der Waals surface area contributed by atoms with Crippen molar-refractivity contribution < 1.29 is 33.6 Å². The lowest BCUT2D eigenvalue weighted by molar-refractivity contribution is 0.00336. The summed E-state index contributed by atoms with van der Waals surface area (Å²) in [5.74, 6) is 0. The van der Waals surface area contributed by atoms with Crippen LogP contribution < -0.4 is 15.0 Å². The van der Waals surface area contributed by atoms with Crippen molar-refractivity contribution in [2.75, 3.05) is 37.8 Å². The van der Waals surface area contributed by atoms with E-state index in [0.29, 0.717) is 34.5 Å². The SMILES string of the molecule is CC(C)OC(=O)NC1CCN(c2ccc(-c3nc4c(cc3Cl)nc(O[C@@H]3CO[C@H]5[C@@H]3OC[C@H]5O)n4COCC[Si](C)(C)C)cc2)CC1. The van der Waals surface area contributed by atoms with Gasteiger partial charge < -0.3 is 39.0 Å². The van der Waals surface area contributed by atoms with Gasteiger partial charge in [0, 0.05) is 45.1 Å². The summed E-state index contributed by atoms with van der Waals surface area (Å²) in [5, 5.41) is 13.7. The number of aliphatic hydroxyl groups excluding tert-OH is 1. The van der Waals surface area contributed by atoms with Gasteiger partial charge in [-0.25, -0.2) is 9.78 Å². The first kappa shape index (κ1) is 33.9. The number of halogens is 1. The lowest BCUT2D eigenvalue weighted by Crippen LogP contribution is -2.45. The summed E-state index contributed by atoms with van der Waals surface area (Å²) in [5.41, 5.74) is 3.81. The molecule has 0 spiro atoms. The Kier molecular flexibility index (Phi) is 10.3. The first-order valence-corrected chi connectivity index (χ1v) is 20.6. The first-order chi connectivity index (χ1) is 22.4. The second kappa shape index (κ2) is 14.3. The van der Waals surface area contributed by atoms with Gasteiger partial charge in [0.25, 0.3) is 0 Å². The van der Waals surface area contributed by atoms with E-state index in [9.17, 15) is 9.90 Å². The van der Waals surface area contributed by atoms with Crippen LogP contribution in [-0.2, 0) is 25.7 Å². The summed E-state index contributed by atoms with van der Waals surface area (Å²) < 4.78 is 31.1. The normalized spacial score (nSPS) is 23.4. The average Bonchev–Trinajstić information content (AvgIpc) is 3.69. The van der Waals surface area contributed by atoms with Gasteiger partial charge in [0.1, 0.15) is 30.6 Å². The van der Waals surface area contributed by atoms with Gasteiger partial charge in [-0.2, -0.15) is 4.98 Å². The molecular formula is C33H46ClN5O7Si. The van der Waals surface area contributed by atoms with Gasteiger partial charge in [-0.15, -0.1) is 0 Å². The van der Waals surface area contributed by atoms with Gasteiger partial charge in [-0.05, 0) is 50.9 Å². The Morgan fingerprint density at radius 1 is 1.11 bits per heavy atom. The lowest BCUT2D eigenvalue weighted by atomic mass is 10.0. The number of nitrogens with zero attached hydrogens (tertiary/aromatic N) is 4. The van der Waals surface area contributed by atoms with Crippen molar-refractivity contribution >= 4 is 42.6 Å². The van der Waals surface area contributed by atoms with Gasteiger partial charge in [0.2, 0.25) is 0 Å². The third kappa shape index (κ3) is 8.03. The maximum atomic E-state index is 12.0. The highest BCUT2D eigenvalue weighted by molar-refractivity contribution is 6.76. The quantitative estimate of drug-likeness (QED) is 0.208. The number of amides is 1. The fourth-order valence-corrected chi connectivity index (χ4v) is 7.17. The number of alkyl carbamates (subject to hydrolysis) is 1. The molecule has 3 aliphatic rings. The molecule has 14 heteroatoms. The Morgan fingerprint density at radius 3 is 2.53 bits per heavy atom. The number of aromatic nitrogens is 3. The number of carbonyl (C=O) groups excluding carboxylic acids is 1. The van der Waals surface area contributed by atoms with E-state index in [0.717, 1.165) is 43.2 Å². The molecule has 3 aliphatic heterocycles. The molecule has 47 heavy (non-hydrogen) atoms. The van der Waals surface area contributed by atoms with Crippen LogP contribution >= 0.6 is 11.6 Å². The highest BCUT2D eigenvalue weighted by Crippen LogP contribution is 2.35. The van der Waals surface area contributed by atoms with Crippen LogP contribution in [0.15, 0.2) is 30.3 Å². The molecule has 1 amide bonds. The molecule has 3 fully saturated rings. The number of piperidine rings is 1. The molecule has 0 unspecified atom stereocenters. The van der Waals surface area contributed by atoms with E-state index in [1.54, 1.807) is 0 Å². The molecule has 0 radical (unpaired) electrons. The van der Waals surface area contributed by atoms with E-state index >= 15 is 0 Å². The van der Waals surface area contributed by atoms with Gasteiger partial charge in [-0.1, -0.05) is 43.4 Å². The zero-order valence-corrected chi connectivity index (χ0v) is 29.5. The molecule has 4 atom stereocenters. The molecule has 256 valence electrons. The van der Waals surface area contributed by atoms with E-state index in [4.69, 9.17) is 45.3 Å². The number of benzene rings is 1. The molecule has 5 heterocycles. The summed E-state index contributed by atoms with van der Waals surface area (Å²) in [6.07, 6.45) is -0.694. The van der Waals surface area contributed by atoms with Crippen molar-refractivity contribution in [3.05, 3.63) is 35.4 Å². The fraction of sp³-hybridized carbons (Fsp3) is 0.606. The number of hydrogen-bond acceptors (Lipinski definition) is 10. The second-order valence-corrected chi connectivity index (χ2v) is 20.1. The van der Waals surface area contributed by atoms with Crippen molar-refractivity contribution in [1.29, 1.82) is 0 Å². The second-order valence-electron chi connectivity index (χ2n) is 14.1. The number of hydrogen-bond donors (Lipinski definition) is 2. The third-order valence-corrected chi connectivity index (χ3v) is 10.8. The Labute approximate surface area is 281 Å². The first-order valence-electron chi connectivity index (χ1n) is 16.5. The number of rotatable bonds is 11. The van der Waals surface area contributed by atoms with E-state index in [1.807, 2.05) is 36.6 Å². The van der Waals surface area contributed by atoms with Gasteiger partial charge in [0.15, 0.2) is 11.8 Å². The topological polar surface area (TPSA) is 129 Å². The Bertz CT molecular complexity index is 1540. The van der Waals surface area contributed by atoms with Crippen LogP contribution in [0.1, 0.15) is 26.7 Å². The Morgan fingerprint density at radius 2 is 1.83 bits per heavy atom. The number of anilines is 1. The van der Waals surface area contributed by atoms with E-state index in [-0.39, 0.29) is 44.3 Å². The van der Waals surface area contributed by atoms with Crippen LogP contribution in [0.2, 0.25) is 30.7 Å². The van der Waals surface area contributed by atoms with E-state index in [2.05, 4.69) is 42.0 Å². The molecule has 0 saturated carbocycles. The predicted octanol–water partition coefficient (Wildman–Crippen LogP) is 5.07. The monoisotopic (exact) mass is 687 g/mol. The molecule has 3 saturated heterocycles. The van der Waals surface area contributed by atoms with Gasteiger partial charge in [0.05, 0.1) is 30.0 Å². The average molecular weight is 688 g/mol. The number of nitrogens with one attached hydrogen (secondary N) is 1. The van der Waals surface area contributed by atoms with Crippen molar-refractivity contribution in [3.63, 3.8) is 0 Å². The van der Waals surface area contributed by atoms with Crippen molar-refractivity contribution in [1.82, 2.24) is 19.9 Å². The Balaban J connectivity index is 1.19. The summed E-state index contributed by atoms with van der Waals surface area (Å²) in [4.78, 5) is 24.1. The zero-order chi connectivity index (χ0) is 33.3. The smallest absolute Gasteiger partial charge is 0.407 e. The molecule has 0 bridgehead atoms. The molecule has 1 aromatic carbocycles. The molecule has 2 aromatic heterocycles. The van der Waals surface area contributed by atoms with Crippen molar-refractivity contribution in [2.24, 2.45) is 0 Å². The predicted molar refractivity (Wildman–Crippen MR) is 182 cm³/mol. The minimum Gasteiger partial charge on any atom is -0.456 e. The summed E-state index contributed by atoms with van der Waals surface area (Å²) in [7, 11) is -1.29. The van der Waals surface area contributed by atoms with Crippen LogP contribution in [-0.4, -0.2) is 103 Å². The molecule has 0 aliphatic carbocycles. The van der Waals surface area contributed by atoms with Crippen LogP contribution in [0.3, 0.4) is 0 Å². The summed E-state index contributed by atoms with van der Waals surface area (Å²) >= 11 is 6.81. The molecule has 2 N–H and O–H groups in total. The van der Waals surface area contributed by atoms with E-state index in [1.165, 1.54) is 0 Å². The van der Waals surface area contributed by atoms with Gasteiger partial charge >= 0.3 is 12.1 Å². The minimum absolute atomic E-state index is 0.102. The third-order valence-electron chi connectivity index (χ3n) is 8.76. The Hall–Kier alpha value is -2.94. The molecule has 3 aromatic rings. The number of ether oxygens (including phenoxy) is 5. The van der Waals surface area contributed by atoms with Gasteiger partial charge in [-0.3, -0.25) is 4.57 Å². The van der Waals surface area contributed by atoms with Crippen LogP contribution in [0.25, 0.3) is 22.4 Å². The number of fused-ring (bicyclic) bond motifs is 2. The standard InChI is InChI=1S/C33H46ClN5O7Si/c1-20(2)45-33(41)35-22-10-12-38(13-11-22)23-8-6-21(7-9-23)28-24(34)16-25-31(37-28)39(19-42-14-15-47(3,4)5)32(36-25)46-27-18-44-29-26(40)17-43-30(27)29/h6-9,16,20,22,26-27,29-30,40H,10-15,17-19H2,1-5H3,(H,35,41)/t26-,27-,29-,30-/m1/s1. The number of carbonyl (C=O) groups is 1. The van der Waals surface area contributed by atoms with E-state index < -0.39 is 26.4 Å². The number of pyridine rings is 1. The molecule has 6 rings (SSSR count). The maximum Gasteiger partial charge on any atom is 0.407 e. The molecule has 12 nitrogen and oxygen atoms in total. The number of aliphatic hydroxyl groups is 1. The minimum atomic E-state index is -1.29. The molecular weight excluding hydrogens is 642 g/mol. The van der Waals surface area contributed by atoms with Crippen molar-refractivity contribution in [3.8, 4) is 17.3 Å².